The van der Waals surface area contributed by atoms with Crippen molar-refractivity contribution in [2.24, 2.45) is 5.92 Å². The zero-order valence-electron chi connectivity index (χ0n) is 9.93. The Hall–Kier alpha value is -0.410. The summed E-state index contributed by atoms with van der Waals surface area (Å²) in [6.07, 6.45) is 1.02. The molecule has 0 aliphatic carbocycles. The van der Waals surface area contributed by atoms with Crippen molar-refractivity contribution < 1.29 is 9.50 Å². The van der Waals surface area contributed by atoms with Crippen molar-refractivity contribution in [2.45, 2.75) is 39.2 Å². The lowest BCUT2D eigenvalue weighted by Gasteiger charge is -2.25. The molecule has 1 unspecified atom stereocenters. The smallest absolute Gasteiger partial charge is 0.127 e. The Bertz CT molecular complexity index is 361. The summed E-state index contributed by atoms with van der Waals surface area (Å²) < 4.78 is 14.3. The largest absolute Gasteiger partial charge is 0.390 e. The van der Waals surface area contributed by atoms with Crippen LogP contribution >= 0.6 is 15.9 Å². The van der Waals surface area contributed by atoms with Gasteiger partial charge in [0.1, 0.15) is 5.82 Å². The number of rotatable bonds is 4. The second-order valence-corrected chi connectivity index (χ2v) is 5.92. The van der Waals surface area contributed by atoms with Gasteiger partial charge in [-0.15, -0.1) is 0 Å². The molecule has 16 heavy (non-hydrogen) atoms. The molecule has 0 saturated carbocycles. The van der Waals surface area contributed by atoms with Crippen molar-refractivity contribution in [1.29, 1.82) is 0 Å². The molecule has 1 nitrogen and oxygen atoms in total. The zero-order chi connectivity index (χ0) is 12.3. The molecular formula is C13H18BrFO. The molecule has 0 heterocycles. The molecule has 1 atom stereocenters. The van der Waals surface area contributed by atoms with Crippen LogP contribution in [0.3, 0.4) is 0 Å². The minimum atomic E-state index is -0.844. The molecule has 3 heteroatoms. The highest BCUT2D eigenvalue weighted by atomic mass is 79.9. The minimum absolute atomic E-state index is 0.265. The third kappa shape index (κ3) is 4.22. The predicted octanol–water partition coefficient (Wildman–Crippen LogP) is 3.93. The SMILES string of the molecule is CC(C)CC(C)(O)Cc1ccc(Br)cc1F. The highest BCUT2D eigenvalue weighted by molar-refractivity contribution is 9.10. The molecule has 0 saturated heterocycles. The summed E-state index contributed by atoms with van der Waals surface area (Å²) in [5.41, 5.74) is -0.281. The van der Waals surface area contributed by atoms with Gasteiger partial charge in [0.2, 0.25) is 0 Å². The first-order chi connectivity index (χ1) is 7.30. The number of halogens is 2. The van der Waals surface area contributed by atoms with E-state index in [0.717, 1.165) is 4.47 Å². The van der Waals surface area contributed by atoms with Crippen LogP contribution in [0.1, 0.15) is 32.8 Å². The van der Waals surface area contributed by atoms with Gasteiger partial charge in [-0.25, -0.2) is 4.39 Å². The zero-order valence-corrected chi connectivity index (χ0v) is 11.5. The van der Waals surface area contributed by atoms with Gasteiger partial charge in [-0.05, 0) is 37.0 Å². The lowest BCUT2D eigenvalue weighted by Crippen LogP contribution is -2.29. The highest BCUT2D eigenvalue weighted by Crippen LogP contribution is 2.24. The van der Waals surface area contributed by atoms with Crippen LogP contribution in [-0.4, -0.2) is 10.7 Å². The van der Waals surface area contributed by atoms with E-state index in [1.165, 1.54) is 6.07 Å². The maximum absolute atomic E-state index is 13.6. The number of hydrogen-bond donors (Lipinski definition) is 1. The van der Waals surface area contributed by atoms with E-state index in [0.29, 0.717) is 24.3 Å². The van der Waals surface area contributed by atoms with Crippen molar-refractivity contribution in [3.05, 3.63) is 34.1 Å². The molecule has 1 rings (SSSR count). The summed E-state index contributed by atoms with van der Waals surface area (Å²) in [5.74, 6) is 0.131. The van der Waals surface area contributed by atoms with Crippen LogP contribution in [0.2, 0.25) is 0 Å². The minimum Gasteiger partial charge on any atom is -0.390 e. The van der Waals surface area contributed by atoms with Gasteiger partial charge in [-0.1, -0.05) is 35.8 Å². The summed E-state index contributed by atoms with van der Waals surface area (Å²) in [6, 6.07) is 4.94. The van der Waals surface area contributed by atoms with E-state index in [4.69, 9.17) is 0 Å². The molecule has 0 radical (unpaired) electrons. The van der Waals surface area contributed by atoms with Gasteiger partial charge in [0.05, 0.1) is 5.60 Å². The number of benzene rings is 1. The van der Waals surface area contributed by atoms with E-state index in [1.807, 2.05) is 13.8 Å². The van der Waals surface area contributed by atoms with Crippen molar-refractivity contribution in [1.82, 2.24) is 0 Å². The highest BCUT2D eigenvalue weighted by Gasteiger charge is 2.23. The molecule has 0 fully saturated rings. The topological polar surface area (TPSA) is 20.2 Å². The second kappa shape index (κ2) is 5.28. The Morgan fingerprint density at radius 2 is 2.06 bits per heavy atom. The predicted molar refractivity (Wildman–Crippen MR) is 67.9 cm³/mol. The van der Waals surface area contributed by atoms with Crippen LogP contribution in [0.5, 0.6) is 0 Å². The first-order valence-electron chi connectivity index (χ1n) is 5.46. The van der Waals surface area contributed by atoms with E-state index < -0.39 is 5.60 Å². The molecule has 1 aromatic carbocycles. The van der Waals surface area contributed by atoms with E-state index >= 15 is 0 Å². The Balaban J connectivity index is 2.79. The van der Waals surface area contributed by atoms with Crippen molar-refractivity contribution in [3.8, 4) is 0 Å². The standard InChI is InChI=1S/C13H18BrFO/c1-9(2)7-13(3,16)8-10-4-5-11(14)6-12(10)15/h4-6,9,16H,7-8H2,1-3H3. The monoisotopic (exact) mass is 288 g/mol. The van der Waals surface area contributed by atoms with Crippen LogP contribution in [0.25, 0.3) is 0 Å². The Morgan fingerprint density at radius 3 is 2.56 bits per heavy atom. The van der Waals surface area contributed by atoms with Crippen molar-refractivity contribution >= 4 is 15.9 Å². The molecular weight excluding hydrogens is 271 g/mol. The van der Waals surface area contributed by atoms with Gasteiger partial charge >= 0.3 is 0 Å². The average molecular weight is 289 g/mol. The van der Waals surface area contributed by atoms with Gasteiger partial charge in [-0.3, -0.25) is 0 Å². The van der Waals surface area contributed by atoms with E-state index in [9.17, 15) is 9.50 Å². The molecule has 1 N–H and O–H groups in total. The molecule has 90 valence electrons. The van der Waals surface area contributed by atoms with Gasteiger partial charge in [0, 0.05) is 10.9 Å². The maximum Gasteiger partial charge on any atom is 0.127 e. The lowest BCUT2D eigenvalue weighted by atomic mass is 9.88. The fourth-order valence-corrected chi connectivity index (χ4v) is 2.36. The third-order valence-electron chi connectivity index (χ3n) is 2.43. The molecule has 0 bridgehead atoms. The van der Waals surface area contributed by atoms with Gasteiger partial charge in [0.25, 0.3) is 0 Å². The van der Waals surface area contributed by atoms with Gasteiger partial charge in [0.15, 0.2) is 0 Å². The van der Waals surface area contributed by atoms with Crippen LogP contribution < -0.4 is 0 Å². The summed E-state index contributed by atoms with van der Waals surface area (Å²) >= 11 is 3.21. The first-order valence-corrected chi connectivity index (χ1v) is 6.26. The second-order valence-electron chi connectivity index (χ2n) is 5.01. The molecule has 0 aromatic heterocycles. The Labute approximate surface area is 105 Å². The average Bonchev–Trinajstić information content (AvgIpc) is 2.07. The van der Waals surface area contributed by atoms with E-state index in [-0.39, 0.29) is 5.82 Å². The van der Waals surface area contributed by atoms with Crippen LogP contribution in [-0.2, 0) is 6.42 Å². The van der Waals surface area contributed by atoms with Gasteiger partial charge in [-0.2, -0.15) is 0 Å². The van der Waals surface area contributed by atoms with Crippen molar-refractivity contribution in [2.75, 3.05) is 0 Å². The van der Waals surface area contributed by atoms with Crippen LogP contribution in [0.4, 0.5) is 4.39 Å². The molecule has 0 amide bonds. The summed E-state index contributed by atoms with van der Waals surface area (Å²) in [5, 5.41) is 10.2. The number of hydrogen-bond acceptors (Lipinski definition) is 1. The van der Waals surface area contributed by atoms with Crippen molar-refractivity contribution in [3.63, 3.8) is 0 Å². The lowest BCUT2D eigenvalue weighted by molar-refractivity contribution is 0.0380. The van der Waals surface area contributed by atoms with Gasteiger partial charge < -0.3 is 5.11 Å². The summed E-state index contributed by atoms with van der Waals surface area (Å²) in [4.78, 5) is 0. The molecule has 0 aliphatic heterocycles. The van der Waals surface area contributed by atoms with E-state index in [2.05, 4.69) is 15.9 Å². The summed E-state index contributed by atoms with van der Waals surface area (Å²) in [6.45, 7) is 5.85. The first kappa shape index (κ1) is 13.7. The molecule has 1 aromatic rings. The van der Waals surface area contributed by atoms with Crippen LogP contribution in [0, 0.1) is 11.7 Å². The Morgan fingerprint density at radius 1 is 1.44 bits per heavy atom. The fraction of sp³-hybridized carbons (Fsp3) is 0.538. The maximum atomic E-state index is 13.6. The third-order valence-corrected chi connectivity index (χ3v) is 2.93. The molecule has 0 aliphatic rings. The molecule has 0 spiro atoms. The quantitative estimate of drug-likeness (QED) is 0.890. The van der Waals surface area contributed by atoms with E-state index in [1.54, 1.807) is 19.1 Å². The Kier molecular flexibility index (Phi) is 4.51. The number of aliphatic hydroxyl groups is 1. The summed E-state index contributed by atoms with van der Waals surface area (Å²) in [7, 11) is 0. The normalized spacial score (nSPS) is 15.2. The van der Waals surface area contributed by atoms with Crippen LogP contribution in [0.15, 0.2) is 22.7 Å². The fourth-order valence-electron chi connectivity index (χ4n) is 2.03.